The molecular formula is C16H22N4O. The highest BCUT2D eigenvalue weighted by Crippen LogP contribution is 2.17. The van der Waals surface area contributed by atoms with Crippen LogP contribution in [0.1, 0.15) is 25.7 Å². The Morgan fingerprint density at radius 1 is 1.29 bits per heavy atom. The fourth-order valence-corrected chi connectivity index (χ4v) is 2.91. The summed E-state index contributed by atoms with van der Waals surface area (Å²) in [6.07, 6.45) is 2.58. The molecule has 0 aliphatic carbocycles. The fraction of sp³-hybridized carbons (Fsp3) is 0.500. The molecule has 1 N–H and O–H groups in total. The average Bonchev–Trinajstić information content (AvgIpc) is 3.17. The molecule has 0 bridgehead atoms. The van der Waals surface area contributed by atoms with Crippen molar-refractivity contribution in [2.75, 3.05) is 19.6 Å². The second-order valence-electron chi connectivity index (χ2n) is 5.42. The van der Waals surface area contributed by atoms with Crippen LogP contribution in [0.4, 0.5) is 0 Å². The Bertz CT molecular complexity index is 554. The maximum Gasteiger partial charge on any atom is 0.247 e. The van der Waals surface area contributed by atoms with Crippen molar-refractivity contribution in [2.45, 2.75) is 32.4 Å². The molecule has 112 valence electrons. The Balaban J connectivity index is 1.51. The van der Waals surface area contributed by atoms with Gasteiger partial charge in [0.25, 0.3) is 0 Å². The number of likely N-dealkylation sites (N-methyl/N-ethyl adjacent to an activating group) is 1. The van der Waals surface area contributed by atoms with Gasteiger partial charge in [-0.15, -0.1) is 10.2 Å². The first kappa shape index (κ1) is 14.2. The van der Waals surface area contributed by atoms with Gasteiger partial charge in [0.1, 0.15) is 0 Å². The van der Waals surface area contributed by atoms with E-state index in [0.717, 1.165) is 18.7 Å². The SMILES string of the molecule is CCN1CCCC1CNCc1nnc(-c2ccccc2)o1. The summed E-state index contributed by atoms with van der Waals surface area (Å²) in [4.78, 5) is 2.52. The molecule has 1 aliphatic heterocycles. The molecule has 0 radical (unpaired) electrons. The number of rotatable bonds is 6. The normalized spacial score (nSPS) is 19.2. The summed E-state index contributed by atoms with van der Waals surface area (Å²) in [5, 5.41) is 11.6. The highest BCUT2D eigenvalue weighted by atomic mass is 16.4. The smallest absolute Gasteiger partial charge is 0.247 e. The zero-order valence-corrected chi connectivity index (χ0v) is 12.5. The van der Waals surface area contributed by atoms with Crippen LogP contribution in [-0.2, 0) is 6.54 Å². The van der Waals surface area contributed by atoms with Gasteiger partial charge >= 0.3 is 0 Å². The van der Waals surface area contributed by atoms with E-state index in [4.69, 9.17) is 4.42 Å². The van der Waals surface area contributed by atoms with E-state index >= 15 is 0 Å². The van der Waals surface area contributed by atoms with E-state index in [1.54, 1.807) is 0 Å². The average molecular weight is 286 g/mol. The molecule has 2 heterocycles. The number of likely N-dealkylation sites (tertiary alicyclic amines) is 1. The molecule has 5 heteroatoms. The second-order valence-corrected chi connectivity index (χ2v) is 5.42. The van der Waals surface area contributed by atoms with Crippen LogP contribution in [0.2, 0.25) is 0 Å². The van der Waals surface area contributed by atoms with E-state index in [1.807, 2.05) is 30.3 Å². The van der Waals surface area contributed by atoms with E-state index in [1.165, 1.54) is 19.4 Å². The summed E-state index contributed by atoms with van der Waals surface area (Å²) in [7, 11) is 0. The Kier molecular flexibility index (Phi) is 4.62. The fourth-order valence-electron chi connectivity index (χ4n) is 2.91. The van der Waals surface area contributed by atoms with Crippen LogP contribution in [0.5, 0.6) is 0 Å². The molecule has 2 aromatic rings. The van der Waals surface area contributed by atoms with Crippen molar-refractivity contribution < 1.29 is 4.42 Å². The molecule has 0 saturated carbocycles. The monoisotopic (exact) mass is 286 g/mol. The molecule has 5 nitrogen and oxygen atoms in total. The lowest BCUT2D eigenvalue weighted by Crippen LogP contribution is -2.37. The first-order chi connectivity index (χ1) is 10.4. The summed E-state index contributed by atoms with van der Waals surface area (Å²) in [5.41, 5.74) is 0.962. The minimum atomic E-state index is 0.587. The van der Waals surface area contributed by atoms with E-state index < -0.39 is 0 Å². The highest BCUT2D eigenvalue weighted by molar-refractivity contribution is 5.51. The molecule has 1 unspecified atom stereocenters. The van der Waals surface area contributed by atoms with Crippen molar-refractivity contribution in [2.24, 2.45) is 0 Å². The summed E-state index contributed by atoms with van der Waals surface area (Å²) in [6.45, 7) is 6.19. The minimum absolute atomic E-state index is 0.587. The quantitative estimate of drug-likeness (QED) is 0.883. The van der Waals surface area contributed by atoms with Gasteiger partial charge in [0, 0.05) is 18.2 Å². The zero-order valence-electron chi connectivity index (χ0n) is 12.5. The van der Waals surface area contributed by atoms with Gasteiger partial charge in [0.05, 0.1) is 6.54 Å². The summed E-state index contributed by atoms with van der Waals surface area (Å²) < 4.78 is 5.69. The Labute approximate surface area is 125 Å². The van der Waals surface area contributed by atoms with E-state index in [-0.39, 0.29) is 0 Å². The number of hydrogen-bond acceptors (Lipinski definition) is 5. The Morgan fingerprint density at radius 3 is 2.95 bits per heavy atom. The molecule has 0 spiro atoms. The number of aromatic nitrogens is 2. The van der Waals surface area contributed by atoms with Gasteiger partial charge < -0.3 is 9.73 Å². The van der Waals surface area contributed by atoms with Gasteiger partial charge in [-0.05, 0) is 38.1 Å². The maximum absolute atomic E-state index is 5.69. The molecular weight excluding hydrogens is 264 g/mol. The van der Waals surface area contributed by atoms with Crippen molar-refractivity contribution in [3.63, 3.8) is 0 Å². The van der Waals surface area contributed by atoms with Crippen molar-refractivity contribution in [1.29, 1.82) is 0 Å². The van der Waals surface area contributed by atoms with Gasteiger partial charge in [-0.1, -0.05) is 25.1 Å². The molecule has 1 fully saturated rings. The summed E-state index contributed by atoms with van der Waals surface area (Å²) >= 11 is 0. The molecule has 1 aromatic carbocycles. The summed E-state index contributed by atoms with van der Waals surface area (Å²) in [6, 6.07) is 10.5. The van der Waals surface area contributed by atoms with Crippen LogP contribution in [-0.4, -0.2) is 40.8 Å². The van der Waals surface area contributed by atoms with Gasteiger partial charge in [0.15, 0.2) is 0 Å². The second kappa shape index (κ2) is 6.83. The lowest BCUT2D eigenvalue weighted by Gasteiger charge is -2.22. The molecule has 21 heavy (non-hydrogen) atoms. The topological polar surface area (TPSA) is 54.2 Å². The largest absolute Gasteiger partial charge is 0.419 e. The predicted octanol–water partition coefficient (Wildman–Crippen LogP) is 2.31. The van der Waals surface area contributed by atoms with Gasteiger partial charge in [-0.25, -0.2) is 0 Å². The molecule has 1 saturated heterocycles. The van der Waals surface area contributed by atoms with E-state index in [9.17, 15) is 0 Å². The lowest BCUT2D eigenvalue weighted by atomic mass is 10.2. The molecule has 3 rings (SSSR count). The molecule has 1 aliphatic rings. The number of benzene rings is 1. The predicted molar refractivity (Wildman–Crippen MR) is 81.7 cm³/mol. The van der Waals surface area contributed by atoms with E-state index in [2.05, 4.69) is 27.3 Å². The van der Waals surface area contributed by atoms with Crippen LogP contribution >= 0.6 is 0 Å². The van der Waals surface area contributed by atoms with Gasteiger partial charge in [0.2, 0.25) is 11.8 Å². The van der Waals surface area contributed by atoms with Crippen molar-refractivity contribution in [3.8, 4) is 11.5 Å². The third-order valence-corrected chi connectivity index (χ3v) is 4.05. The van der Waals surface area contributed by atoms with Gasteiger partial charge in [-0.3, -0.25) is 4.90 Å². The summed E-state index contributed by atoms with van der Waals surface area (Å²) in [5.74, 6) is 1.23. The van der Waals surface area contributed by atoms with Gasteiger partial charge in [-0.2, -0.15) is 0 Å². The molecule has 0 amide bonds. The number of hydrogen-bond donors (Lipinski definition) is 1. The number of nitrogens with zero attached hydrogens (tertiary/aromatic N) is 3. The lowest BCUT2D eigenvalue weighted by molar-refractivity contribution is 0.258. The van der Waals surface area contributed by atoms with Crippen LogP contribution in [0.15, 0.2) is 34.7 Å². The van der Waals surface area contributed by atoms with Crippen molar-refractivity contribution in [1.82, 2.24) is 20.4 Å². The highest BCUT2D eigenvalue weighted by Gasteiger charge is 2.22. The Morgan fingerprint density at radius 2 is 2.14 bits per heavy atom. The standard InChI is InChI=1S/C16H22N4O/c1-2-20-10-6-9-14(20)11-17-12-15-18-19-16(21-15)13-7-4-3-5-8-13/h3-5,7-8,14,17H,2,6,9-12H2,1H3. The third-order valence-electron chi connectivity index (χ3n) is 4.05. The van der Waals surface area contributed by atoms with Crippen molar-refractivity contribution >= 4 is 0 Å². The third kappa shape index (κ3) is 3.49. The maximum atomic E-state index is 5.69. The minimum Gasteiger partial charge on any atom is -0.419 e. The van der Waals surface area contributed by atoms with Crippen molar-refractivity contribution in [3.05, 3.63) is 36.2 Å². The molecule has 1 aromatic heterocycles. The Hall–Kier alpha value is -1.72. The zero-order chi connectivity index (χ0) is 14.5. The van der Waals surface area contributed by atoms with E-state index in [0.29, 0.717) is 24.4 Å². The van der Waals surface area contributed by atoms with Crippen LogP contribution in [0.25, 0.3) is 11.5 Å². The van der Waals surface area contributed by atoms with Crippen LogP contribution in [0.3, 0.4) is 0 Å². The first-order valence-corrected chi connectivity index (χ1v) is 7.69. The van der Waals surface area contributed by atoms with Crippen LogP contribution < -0.4 is 5.32 Å². The van der Waals surface area contributed by atoms with Crippen LogP contribution in [0, 0.1) is 0 Å². The number of nitrogens with one attached hydrogen (secondary N) is 1. The molecule has 1 atom stereocenters. The first-order valence-electron chi connectivity index (χ1n) is 7.69.